The first-order valence-corrected chi connectivity index (χ1v) is 12.8. The first-order chi connectivity index (χ1) is 15.5. The second kappa shape index (κ2) is 9.43. The molecule has 3 aromatic rings. The zero-order valence-corrected chi connectivity index (χ0v) is 20.9. The van der Waals surface area contributed by atoms with E-state index in [1.807, 2.05) is 29.5 Å². The van der Waals surface area contributed by atoms with Gasteiger partial charge >= 0.3 is 0 Å². The Labute approximate surface area is 203 Å². The summed E-state index contributed by atoms with van der Waals surface area (Å²) < 4.78 is 5.51. The summed E-state index contributed by atoms with van der Waals surface area (Å²) in [4.78, 5) is 17.4. The van der Waals surface area contributed by atoms with Gasteiger partial charge in [-0.3, -0.25) is 4.90 Å². The molecular formula is C24H28Cl2N4OS. The van der Waals surface area contributed by atoms with Crippen molar-refractivity contribution in [3.8, 4) is 0 Å². The molecule has 2 aliphatic rings. The quantitative estimate of drug-likeness (QED) is 0.465. The van der Waals surface area contributed by atoms with Crippen LogP contribution >= 0.6 is 34.5 Å². The van der Waals surface area contributed by atoms with Crippen LogP contribution in [0.1, 0.15) is 35.2 Å². The van der Waals surface area contributed by atoms with Crippen LogP contribution in [-0.4, -0.2) is 48.2 Å². The van der Waals surface area contributed by atoms with Crippen molar-refractivity contribution in [3.05, 3.63) is 50.1 Å². The second-order valence-corrected chi connectivity index (χ2v) is 10.9. The van der Waals surface area contributed by atoms with Gasteiger partial charge in [0.05, 0.1) is 35.2 Å². The minimum absolute atomic E-state index is 0.580. The molecule has 5 nitrogen and oxygen atoms in total. The zero-order valence-electron chi connectivity index (χ0n) is 18.5. The fourth-order valence-electron chi connectivity index (χ4n) is 4.66. The molecule has 0 N–H and O–H groups in total. The third-order valence-electron chi connectivity index (χ3n) is 6.42. The van der Waals surface area contributed by atoms with Crippen LogP contribution in [0.2, 0.25) is 10.0 Å². The van der Waals surface area contributed by atoms with Gasteiger partial charge < -0.3 is 9.64 Å². The van der Waals surface area contributed by atoms with E-state index in [-0.39, 0.29) is 0 Å². The standard InChI is InChI=1S/C24H28Cl2N4OS/c1-15-3-5-17-20(11-15)32-24-22(17)23(27-21(28-24)14-30-7-9-31-10-8-30)29(2)13-16-4-6-18(25)19(26)12-16/h4,6,12,15H,3,5,7-11,13-14H2,1-2H3/t15-/m1/s1. The molecule has 0 amide bonds. The molecule has 5 rings (SSSR count). The molecule has 0 unspecified atom stereocenters. The molecular weight excluding hydrogens is 463 g/mol. The summed E-state index contributed by atoms with van der Waals surface area (Å²) >= 11 is 14.3. The van der Waals surface area contributed by atoms with E-state index in [2.05, 4.69) is 23.8 Å². The van der Waals surface area contributed by atoms with Crippen LogP contribution in [0.4, 0.5) is 5.82 Å². The lowest BCUT2D eigenvalue weighted by molar-refractivity contribution is 0.0331. The van der Waals surface area contributed by atoms with Crippen molar-refractivity contribution < 1.29 is 4.74 Å². The van der Waals surface area contributed by atoms with Gasteiger partial charge in [0, 0.05) is 31.6 Å². The Morgan fingerprint density at radius 3 is 2.78 bits per heavy atom. The normalized spacial score (nSPS) is 19.3. The highest BCUT2D eigenvalue weighted by Gasteiger charge is 2.26. The topological polar surface area (TPSA) is 41.5 Å². The SMILES string of the molecule is C[C@@H]1CCc2c(sc3nc(CN4CCOCC4)nc(N(C)Cc4ccc(Cl)c(Cl)c4)c23)C1. The average Bonchev–Trinajstić information content (AvgIpc) is 3.13. The van der Waals surface area contributed by atoms with Gasteiger partial charge in [0.1, 0.15) is 16.5 Å². The van der Waals surface area contributed by atoms with Gasteiger partial charge in [-0.15, -0.1) is 11.3 Å². The van der Waals surface area contributed by atoms with Crippen molar-refractivity contribution in [3.63, 3.8) is 0 Å². The van der Waals surface area contributed by atoms with E-state index >= 15 is 0 Å². The second-order valence-electron chi connectivity index (χ2n) is 8.99. The lowest BCUT2D eigenvalue weighted by Crippen LogP contribution is -2.36. The van der Waals surface area contributed by atoms with Crippen molar-refractivity contribution in [2.45, 2.75) is 39.3 Å². The molecule has 1 aliphatic carbocycles. The Bertz CT molecular complexity index is 1130. The van der Waals surface area contributed by atoms with E-state index < -0.39 is 0 Å². The van der Waals surface area contributed by atoms with Gasteiger partial charge in [-0.1, -0.05) is 36.2 Å². The van der Waals surface area contributed by atoms with E-state index in [9.17, 15) is 0 Å². The van der Waals surface area contributed by atoms with Crippen molar-refractivity contribution in [1.29, 1.82) is 0 Å². The van der Waals surface area contributed by atoms with Crippen LogP contribution in [0.25, 0.3) is 10.2 Å². The summed E-state index contributed by atoms with van der Waals surface area (Å²) in [7, 11) is 2.11. The van der Waals surface area contributed by atoms with Gasteiger partial charge in [0.15, 0.2) is 0 Å². The number of rotatable bonds is 5. The lowest BCUT2D eigenvalue weighted by Gasteiger charge is -2.27. The van der Waals surface area contributed by atoms with Gasteiger partial charge in [-0.05, 0) is 48.4 Å². The monoisotopic (exact) mass is 490 g/mol. The molecule has 3 heterocycles. The van der Waals surface area contributed by atoms with E-state index in [0.29, 0.717) is 16.6 Å². The maximum absolute atomic E-state index is 6.27. The number of thiophene rings is 1. The van der Waals surface area contributed by atoms with Crippen LogP contribution in [0.3, 0.4) is 0 Å². The lowest BCUT2D eigenvalue weighted by atomic mass is 9.89. The number of fused-ring (bicyclic) bond motifs is 3. The molecule has 8 heteroatoms. The highest BCUT2D eigenvalue weighted by molar-refractivity contribution is 7.19. The van der Waals surface area contributed by atoms with Crippen LogP contribution in [0.5, 0.6) is 0 Å². The Hall–Kier alpha value is -1.44. The molecule has 1 aliphatic heterocycles. The summed E-state index contributed by atoms with van der Waals surface area (Å²) in [5.74, 6) is 2.65. The minimum atomic E-state index is 0.580. The van der Waals surface area contributed by atoms with E-state index in [1.165, 1.54) is 22.2 Å². The Morgan fingerprint density at radius 1 is 1.19 bits per heavy atom. The van der Waals surface area contributed by atoms with E-state index in [1.54, 1.807) is 0 Å². The van der Waals surface area contributed by atoms with Gasteiger partial charge in [-0.25, -0.2) is 9.97 Å². The maximum atomic E-state index is 6.27. The summed E-state index contributed by atoms with van der Waals surface area (Å²) in [5, 5.41) is 2.40. The highest BCUT2D eigenvalue weighted by atomic mass is 35.5. The highest BCUT2D eigenvalue weighted by Crippen LogP contribution is 2.41. The van der Waals surface area contributed by atoms with Crippen LogP contribution in [-0.2, 0) is 30.7 Å². The Morgan fingerprint density at radius 2 is 2.00 bits per heavy atom. The van der Waals surface area contributed by atoms with Gasteiger partial charge in [-0.2, -0.15) is 0 Å². The predicted molar refractivity (Wildman–Crippen MR) is 133 cm³/mol. The summed E-state index contributed by atoms with van der Waals surface area (Å²) in [6.45, 7) is 7.21. The number of ether oxygens (including phenoxy) is 1. The number of morpholine rings is 1. The van der Waals surface area contributed by atoms with Gasteiger partial charge in [0.25, 0.3) is 0 Å². The van der Waals surface area contributed by atoms with E-state index in [0.717, 1.165) is 73.6 Å². The average molecular weight is 491 g/mol. The van der Waals surface area contributed by atoms with E-state index in [4.69, 9.17) is 37.9 Å². The third-order valence-corrected chi connectivity index (χ3v) is 8.30. The smallest absolute Gasteiger partial charge is 0.146 e. The van der Waals surface area contributed by atoms with Gasteiger partial charge in [0.2, 0.25) is 0 Å². The Balaban J connectivity index is 1.53. The minimum Gasteiger partial charge on any atom is -0.379 e. The Kier molecular flexibility index (Phi) is 6.59. The van der Waals surface area contributed by atoms with Crippen molar-refractivity contribution >= 4 is 50.6 Å². The molecule has 0 radical (unpaired) electrons. The number of halogens is 2. The summed E-state index contributed by atoms with van der Waals surface area (Å²) in [5.41, 5.74) is 2.57. The number of benzene rings is 1. The molecule has 1 fully saturated rings. The first-order valence-electron chi connectivity index (χ1n) is 11.2. The molecule has 0 saturated carbocycles. The number of hydrogen-bond acceptors (Lipinski definition) is 6. The first kappa shape index (κ1) is 22.4. The number of aryl methyl sites for hydroxylation is 1. The van der Waals surface area contributed by atoms with Crippen LogP contribution in [0, 0.1) is 5.92 Å². The molecule has 170 valence electrons. The van der Waals surface area contributed by atoms with Crippen LogP contribution < -0.4 is 4.90 Å². The van der Waals surface area contributed by atoms with Crippen LogP contribution in [0.15, 0.2) is 18.2 Å². The summed E-state index contributed by atoms with van der Waals surface area (Å²) in [6, 6.07) is 5.83. The van der Waals surface area contributed by atoms with Crippen molar-refractivity contribution in [1.82, 2.24) is 14.9 Å². The fraction of sp³-hybridized carbons (Fsp3) is 0.500. The fourth-order valence-corrected chi connectivity index (χ4v) is 6.38. The number of anilines is 1. The van der Waals surface area contributed by atoms with Crippen molar-refractivity contribution in [2.24, 2.45) is 5.92 Å². The largest absolute Gasteiger partial charge is 0.379 e. The molecule has 0 spiro atoms. The molecule has 1 aromatic carbocycles. The molecule has 1 atom stereocenters. The summed E-state index contributed by atoms with van der Waals surface area (Å²) in [6.07, 6.45) is 3.48. The third kappa shape index (κ3) is 4.62. The maximum Gasteiger partial charge on any atom is 0.146 e. The zero-order chi connectivity index (χ0) is 22.2. The predicted octanol–water partition coefficient (Wildman–Crippen LogP) is 5.59. The molecule has 2 aromatic heterocycles. The number of aromatic nitrogens is 2. The van der Waals surface area contributed by atoms with Crippen molar-refractivity contribution in [2.75, 3.05) is 38.3 Å². The molecule has 0 bridgehead atoms. The molecule has 1 saturated heterocycles. The number of nitrogens with zero attached hydrogens (tertiary/aromatic N) is 4. The number of hydrogen-bond donors (Lipinski definition) is 0. The molecule has 32 heavy (non-hydrogen) atoms.